The normalized spacial score (nSPS) is 12.8. The van der Waals surface area contributed by atoms with Gasteiger partial charge >= 0.3 is 0 Å². The zero-order valence-electron chi connectivity index (χ0n) is 11.8. The van der Waals surface area contributed by atoms with E-state index >= 15 is 0 Å². The summed E-state index contributed by atoms with van der Waals surface area (Å²) in [5.41, 5.74) is 0.551. The highest BCUT2D eigenvalue weighted by atomic mass is 16.5. The molecule has 1 unspecified atom stereocenters. The van der Waals surface area contributed by atoms with Crippen LogP contribution in [0.5, 0.6) is 5.75 Å². The molecule has 0 amide bonds. The van der Waals surface area contributed by atoms with Gasteiger partial charge in [-0.2, -0.15) is 5.10 Å². The standard InChI is InChI=1S/C13H22N2O3/c1-9(2)15-13(12(18-5)7-14-15)11(16)6-10(3)8-17-4/h7,9-10H,6,8H2,1-5H3. The molecule has 0 fully saturated rings. The third-order valence-corrected chi connectivity index (χ3v) is 2.72. The first-order valence-corrected chi connectivity index (χ1v) is 6.14. The number of aromatic nitrogens is 2. The van der Waals surface area contributed by atoms with Gasteiger partial charge in [-0.3, -0.25) is 9.48 Å². The van der Waals surface area contributed by atoms with Crippen molar-refractivity contribution in [2.24, 2.45) is 5.92 Å². The molecule has 0 spiro atoms. The lowest BCUT2D eigenvalue weighted by molar-refractivity contribution is 0.0905. The minimum absolute atomic E-state index is 0.0441. The quantitative estimate of drug-likeness (QED) is 0.701. The zero-order valence-corrected chi connectivity index (χ0v) is 11.8. The van der Waals surface area contributed by atoms with Crippen LogP contribution < -0.4 is 4.74 Å². The van der Waals surface area contributed by atoms with E-state index in [0.717, 1.165) is 0 Å². The molecule has 1 rings (SSSR count). The predicted octanol–water partition coefficient (Wildman–Crippen LogP) is 2.33. The third-order valence-electron chi connectivity index (χ3n) is 2.72. The van der Waals surface area contributed by atoms with Crippen LogP contribution in [0.2, 0.25) is 0 Å². The van der Waals surface area contributed by atoms with E-state index in [1.165, 1.54) is 0 Å². The summed E-state index contributed by atoms with van der Waals surface area (Å²) in [4.78, 5) is 12.3. The molecule has 102 valence electrons. The number of ketones is 1. The number of methoxy groups -OCH3 is 2. The molecule has 0 saturated carbocycles. The maximum Gasteiger partial charge on any atom is 0.185 e. The number of hydrogen-bond donors (Lipinski definition) is 0. The van der Waals surface area contributed by atoms with Crippen molar-refractivity contribution < 1.29 is 14.3 Å². The van der Waals surface area contributed by atoms with E-state index in [2.05, 4.69) is 5.10 Å². The Hall–Kier alpha value is -1.36. The molecule has 18 heavy (non-hydrogen) atoms. The fraction of sp³-hybridized carbons (Fsp3) is 0.692. The molecule has 1 aromatic heterocycles. The number of carbonyl (C=O) groups is 1. The first-order valence-electron chi connectivity index (χ1n) is 6.14. The summed E-state index contributed by atoms with van der Waals surface area (Å²) >= 11 is 0. The highest BCUT2D eigenvalue weighted by Crippen LogP contribution is 2.23. The number of Topliss-reactive ketones (excluding diaryl/α,β-unsaturated/α-hetero) is 1. The SMILES string of the molecule is COCC(C)CC(=O)c1c(OC)cnn1C(C)C. The first kappa shape index (κ1) is 14.7. The first-order chi connectivity index (χ1) is 8.51. The molecule has 0 bridgehead atoms. The van der Waals surface area contributed by atoms with Crippen molar-refractivity contribution >= 4 is 5.78 Å². The Labute approximate surface area is 108 Å². The second kappa shape index (κ2) is 6.54. The molecular weight excluding hydrogens is 232 g/mol. The van der Waals surface area contributed by atoms with Crippen LogP contribution in [-0.4, -0.2) is 36.4 Å². The lowest BCUT2D eigenvalue weighted by atomic mass is 10.0. The van der Waals surface area contributed by atoms with Crippen LogP contribution in [0.4, 0.5) is 0 Å². The van der Waals surface area contributed by atoms with Gasteiger partial charge in [0.15, 0.2) is 11.5 Å². The van der Waals surface area contributed by atoms with Gasteiger partial charge in [0.05, 0.1) is 13.3 Å². The Kier molecular flexibility index (Phi) is 5.34. The van der Waals surface area contributed by atoms with E-state index in [9.17, 15) is 4.79 Å². The number of hydrogen-bond acceptors (Lipinski definition) is 4. The topological polar surface area (TPSA) is 53.4 Å². The van der Waals surface area contributed by atoms with Crippen molar-refractivity contribution in [2.45, 2.75) is 33.2 Å². The lowest BCUT2D eigenvalue weighted by Crippen LogP contribution is -2.17. The third kappa shape index (κ3) is 3.32. The van der Waals surface area contributed by atoms with Crippen molar-refractivity contribution in [1.29, 1.82) is 0 Å². The number of rotatable bonds is 7. The van der Waals surface area contributed by atoms with Crippen molar-refractivity contribution in [3.63, 3.8) is 0 Å². The summed E-state index contributed by atoms with van der Waals surface area (Å²) in [6.07, 6.45) is 2.02. The predicted molar refractivity (Wildman–Crippen MR) is 69.2 cm³/mol. The van der Waals surface area contributed by atoms with Gasteiger partial charge in [-0.05, 0) is 19.8 Å². The summed E-state index contributed by atoms with van der Waals surface area (Å²) in [7, 11) is 3.19. The summed E-state index contributed by atoms with van der Waals surface area (Å²) < 4.78 is 12.0. The van der Waals surface area contributed by atoms with Crippen LogP contribution in [0.1, 0.15) is 43.7 Å². The van der Waals surface area contributed by atoms with Gasteiger partial charge in [-0.15, -0.1) is 0 Å². The van der Waals surface area contributed by atoms with Gasteiger partial charge in [0, 0.05) is 26.2 Å². The van der Waals surface area contributed by atoms with E-state index in [0.29, 0.717) is 24.5 Å². The Bertz CT molecular complexity index is 399. The molecule has 0 aliphatic heterocycles. The van der Waals surface area contributed by atoms with E-state index in [1.807, 2.05) is 20.8 Å². The maximum absolute atomic E-state index is 12.3. The van der Waals surface area contributed by atoms with Crippen LogP contribution in [0.3, 0.4) is 0 Å². The fourth-order valence-corrected chi connectivity index (χ4v) is 1.91. The second-order valence-electron chi connectivity index (χ2n) is 4.79. The second-order valence-corrected chi connectivity index (χ2v) is 4.79. The summed E-state index contributed by atoms with van der Waals surface area (Å²) in [5, 5.41) is 4.20. The molecule has 1 aromatic rings. The number of carbonyl (C=O) groups excluding carboxylic acids is 1. The molecule has 0 N–H and O–H groups in total. The maximum atomic E-state index is 12.3. The van der Waals surface area contributed by atoms with Crippen LogP contribution in [-0.2, 0) is 4.74 Å². The van der Waals surface area contributed by atoms with Crippen LogP contribution in [0.25, 0.3) is 0 Å². The summed E-state index contributed by atoms with van der Waals surface area (Å²) in [6, 6.07) is 0.130. The number of nitrogens with zero attached hydrogens (tertiary/aromatic N) is 2. The summed E-state index contributed by atoms with van der Waals surface area (Å²) in [5.74, 6) is 0.767. The van der Waals surface area contributed by atoms with Crippen molar-refractivity contribution in [3.8, 4) is 5.75 Å². The fourth-order valence-electron chi connectivity index (χ4n) is 1.91. The minimum Gasteiger partial charge on any atom is -0.493 e. The molecule has 0 aliphatic rings. The van der Waals surface area contributed by atoms with Gasteiger partial charge in [-0.25, -0.2) is 0 Å². The monoisotopic (exact) mass is 254 g/mol. The minimum atomic E-state index is 0.0441. The van der Waals surface area contributed by atoms with Crippen molar-refractivity contribution in [2.75, 3.05) is 20.8 Å². The highest BCUT2D eigenvalue weighted by Gasteiger charge is 2.22. The zero-order chi connectivity index (χ0) is 13.7. The smallest absolute Gasteiger partial charge is 0.185 e. The lowest BCUT2D eigenvalue weighted by Gasteiger charge is -2.13. The van der Waals surface area contributed by atoms with E-state index < -0.39 is 0 Å². The van der Waals surface area contributed by atoms with Crippen LogP contribution in [0.15, 0.2) is 6.20 Å². The molecule has 0 radical (unpaired) electrons. The van der Waals surface area contributed by atoms with Gasteiger partial charge in [0.1, 0.15) is 5.69 Å². The van der Waals surface area contributed by atoms with Gasteiger partial charge in [0.2, 0.25) is 0 Å². The molecule has 1 atom stereocenters. The Balaban J connectivity index is 2.92. The van der Waals surface area contributed by atoms with Gasteiger partial charge in [0.25, 0.3) is 0 Å². The molecule has 0 aliphatic carbocycles. The Morgan fingerprint density at radius 3 is 2.56 bits per heavy atom. The molecule has 0 saturated heterocycles. The largest absolute Gasteiger partial charge is 0.493 e. The van der Waals surface area contributed by atoms with Crippen molar-refractivity contribution in [1.82, 2.24) is 9.78 Å². The molecule has 0 aromatic carbocycles. The summed E-state index contributed by atoms with van der Waals surface area (Å²) in [6.45, 7) is 6.54. The molecule has 5 nitrogen and oxygen atoms in total. The average Bonchev–Trinajstić information content (AvgIpc) is 2.72. The number of ether oxygens (including phenoxy) is 2. The van der Waals surface area contributed by atoms with Crippen LogP contribution >= 0.6 is 0 Å². The molecule has 5 heteroatoms. The van der Waals surface area contributed by atoms with E-state index in [-0.39, 0.29) is 17.7 Å². The molecule has 1 heterocycles. The van der Waals surface area contributed by atoms with Crippen molar-refractivity contribution in [3.05, 3.63) is 11.9 Å². The van der Waals surface area contributed by atoms with E-state index in [4.69, 9.17) is 9.47 Å². The van der Waals surface area contributed by atoms with Gasteiger partial charge < -0.3 is 9.47 Å². The average molecular weight is 254 g/mol. The van der Waals surface area contributed by atoms with Gasteiger partial charge in [-0.1, -0.05) is 6.92 Å². The van der Waals surface area contributed by atoms with Crippen LogP contribution in [0, 0.1) is 5.92 Å². The molecular formula is C13H22N2O3. The Morgan fingerprint density at radius 1 is 1.39 bits per heavy atom. The highest BCUT2D eigenvalue weighted by molar-refractivity contribution is 5.97. The Morgan fingerprint density at radius 2 is 2.06 bits per heavy atom. The van der Waals surface area contributed by atoms with E-state index in [1.54, 1.807) is 25.1 Å².